The molecule has 0 bridgehead atoms. The maximum absolute atomic E-state index is 13.0. The summed E-state index contributed by atoms with van der Waals surface area (Å²) >= 11 is 1.21. The number of nitrogens with two attached hydrogens (primary N) is 1. The number of nitrogens with zero attached hydrogens (tertiary/aromatic N) is 5. The Morgan fingerprint density at radius 1 is 1.11 bits per heavy atom. The van der Waals surface area contributed by atoms with Crippen molar-refractivity contribution in [1.82, 2.24) is 13.7 Å². The molecule has 7 nitrogen and oxygen atoms in total. The highest BCUT2D eigenvalue weighted by Crippen LogP contribution is 2.35. The summed E-state index contributed by atoms with van der Waals surface area (Å²) < 4.78 is 5.96. The van der Waals surface area contributed by atoms with Crippen LogP contribution in [0.3, 0.4) is 0 Å². The summed E-state index contributed by atoms with van der Waals surface area (Å²) in [6.45, 7) is 0. The van der Waals surface area contributed by atoms with E-state index in [1.807, 2.05) is 59.9 Å². The highest BCUT2D eigenvalue weighted by Gasteiger charge is 2.33. The number of thiazole rings is 1. The zero-order valence-corrected chi connectivity index (χ0v) is 16.1. The lowest BCUT2D eigenvalue weighted by atomic mass is 9.88. The summed E-state index contributed by atoms with van der Waals surface area (Å²) in [5.41, 5.74) is 8.11. The Morgan fingerprint density at radius 2 is 1.79 bits per heavy atom. The lowest BCUT2D eigenvalue weighted by Crippen LogP contribution is -2.38. The fraction of sp³-hybridized carbons (Fsp3) is 0.150. The third-order valence-electron chi connectivity index (χ3n) is 4.93. The molecule has 1 aliphatic rings. The molecule has 0 spiro atoms. The first kappa shape index (κ1) is 17.7. The minimum Gasteiger partial charge on any atom is -0.384 e. The molecule has 2 N–H and O–H groups in total. The van der Waals surface area contributed by atoms with Gasteiger partial charge in [-0.3, -0.25) is 9.36 Å². The first-order valence-electron chi connectivity index (χ1n) is 8.48. The van der Waals surface area contributed by atoms with Gasteiger partial charge in [0.25, 0.3) is 5.56 Å². The number of aromatic nitrogens is 3. The van der Waals surface area contributed by atoms with Crippen LogP contribution in [0, 0.1) is 22.7 Å². The molecule has 3 aromatic heterocycles. The Morgan fingerprint density at radius 3 is 2.36 bits per heavy atom. The molecule has 0 fully saturated rings. The van der Waals surface area contributed by atoms with E-state index in [-0.39, 0.29) is 17.0 Å². The Kier molecular flexibility index (Phi) is 4.07. The molecule has 0 amide bonds. The van der Waals surface area contributed by atoms with E-state index in [0.717, 1.165) is 11.4 Å². The van der Waals surface area contributed by atoms with Crippen molar-refractivity contribution in [3.63, 3.8) is 0 Å². The Hall–Kier alpha value is -3.75. The Labute approximate surface area is 164 Å². The molecule has 1 aliphatic heterocycles. The number of nitriles is 2. The van der Waals surface area contributed by atoms with E-state index < -0.39 is 5.92 Å². The molecule has 0 radical (unpaired) electrons. The first-order chi connectivity index (χ1) is 13.5. The highest BCUT2D eigenvalue weighted by atomic mass is 32.1. The minimum atomic E-state index is -0.601. The third kappa shape index (κ3) is 2.43. The van der Waals surface area contributed by atoms with Crippen molar-refractivity contribution < 1.29 is 0 Å². The van der Waals surface area contributed by atoms with Crippen LogP contribution in [0.15, 0.2) is 47.0 Å². The van der Waals surface area contributed by atoms with Crippen molar-refractivity contribution in [2.24, 2.45) is 19.8 Å². The van der Waals surface area contributed by atoms with Crippen LogP contribution in [0.5, 0.6) is 0 Å². The van der Waals surface area contributed by atoms with Crippen LogP contribution in [0.2, 0.25) is 0 Å². The molecule has 0 aliphatic carbocycles. The van der Waals surface area contributed by atoms with Crippen LogP contribution in [0.4, 0.5) is 0 Å². The largest absolute Gasteiger partial charge is 0.384 e. The second kappa shape index (κ2) is 6.45. The molecular formula is C20H16N6OS. The van der Waals surface area contributed by atoms with E-state index in [4.69, 9.17) is 5.73 Å². The fourth-order valence-electron chi connectivity index (χ4n) is 3.48. The molecular weight excluding hydrogens is 372 g/mol. The van der Waals surface area contributed by atoms with Gasteiger partial charge in [0.05, 0.1) is 33.7 Å². The lowest BCUT2D eigenvalue weighted by molar-refractivity contribution is 0.799. The van der Waals surface area contributed by atoms with Gasteiger partial charge in [0, 0.05) is 37.9 Å². The van der Waals surface area contributed by atoms with Gasteiger partial charge in [-0.2, -0.15) is 10.5 Å². The summed E-state index contributed by atoms with van der Waals surface area (Å²) in [6.07, 6.45) is 5.50. The van der Waals surface area contributed by atoms with Crippen molar-refractivity contribution in [2.45, 2.75) is 5.92 Å². The number of rotatable bonds is 2. The van der Waals surface area contributed by atoms with Crippen LogP contribution < -0.4 is 20.5 Å². The van der Waals surface area contributed by atoms with Crippen LogP contribution in [-0.2, 0) is 14.1 Å². The molecule has 1 atom stereocenters. The second-order valence-electron chi connectivity index (χ2n) is 6.51. The topological polar surface area (TPSA) is 105 Å². The molecule has 4 heterocycles. The van der Waals surface area contributed by atoms with Crippen molar-refractivity contribution in [3.05, 3.63) is 73.2 Å². The van der Waals surface area contributed by atoms with Crippen molar-refractivity contribution in [3.8, 4) is 12.1 Å². The number of aryl methyl sites for hydroxylation is 2. The molecule has 0 unspecified atom stereocenters. The predicted molar refractivity (Wildman–Crippen MR) is 107 cm³/mol. The van der Waals surface area contributed by atoms with E-state index in [0.29, 0.717) is 14.8 Å². The van der Waals surface area contributed by atoms with Gasteiger partial charge in [-0.25, -0.2) is 0 Å². The predicted octanol–water partition coefficient (Wildman–Crippen LogP) is 0.538. The third-order valence-corrected chi connectivity index (χ3v) is 6.04. The number of allylic oxidation sites excluding steroid dienone is 1. The van der Waals surface area contributed by atoms with Gasteiger partial charge in [-0.05, 0) is 30.3 Å². The minimum absolute atomic E-state index is 0.0791. The molecule has 0 saturated carbocycles. The van der Waals surface area contributed by atoms with E-state index in [1.54, 1.807) is 6.08 Å². The molecule has 8 heteroatoms. The normalized spacial score (nSPS) is 16.8. The summed E-state index contributed by atoms with van der Waals surface area (Å²) in [6, 6.07) is 11.8. The second-order valence-corrected chi connectivity index (χ2v) is 7.54. The number of hydrogen-bond donors (Lipinski definition) is 1. The maximum atomic E-state index is 13.0. The van der Waals surface area contributed by atoms with E-state index in [2.05, 4.69) is 12.1 Å². The first-order valence-corrected chi connectivity index (χ1v) is 9.30. The standard InChI is InChI=1S/C20H16N6OS/c1-24-7-3-5-12(24)9-16-19(27)26-18(23)13(10-21)17(14(11-22)20(26)28-16)15-6-4-8-25(15)2/h3-9,17H,23H2,1-2H3/b16-9-/t17-/m0/s1. The van der Waals surface area contributed by atoms with E-state index >= 15 is 0 Å². The van der Waals surface area contributed by atoms with E-state index in [9.17, 15) is 15.3 Å². The van der Waals surface area contributed by atoms with Crippen molar-refractivity contribution in [2.75, 3.05) is 0 Å². The Balaban J connectivity index is 2.11. The lowest BCUT2D eigenvalue weighted by Gasteiger charge is -2.22. The maximum Gasteiger partial charge on any atom is 0.274 e. The highest BCUT2D eigenvalue weighted by molar-refractivity contribution is 7.07. The zero-order valence-electron chi connectivity index (χ0n) is 15.2. The molecule has 0 saturated heterocycles. The van der Waals surface area contributed by atoms with Gasteiger partial charge in [-0.1, -0.05) is 0 Å². The molecule has 4 rings (SSSR count). The van der Waals surface area contributed by atoms with Crippen LogP contribution >= 0.6 is 11.3 Å². The van der Waals surface area contributed by atoms with Crippen LogP contribution in [0.1, 0.15) is 17.3 Å². The van der Waals surface area contributed by atoms with Crippen LogP contribution in [-0.4, -0.2) is 13.7 Å². The van der Waals surface area contributed by atoms with Gasteiger partial charge >= 0.3 is 0 Å². The fourth-order valence-corrected chi connectivity index (χ4v) is 4.59. The Bertz CT molecular complexity index is 1400. The summed E-state index contributed by atoms with van der Waals surface area (Å²) in [4.78, 5) is 13.0. The van der Waals surface area contributed by atoms with Gasteiger partial charge < -0.3 is 14.9 Å². The molecule has 0 aromatic carbocycles. The summed E-state index contributed by atoms with van der Waals surface area (Å²) in [7, 11) is 3.73. The molecule has 138 valence electrons. The SMILES string of the molecule is Cn1cccc1/C=c1\sc2n(c1=O)C(N)=C(C#N)[C@H](c1cccn1C)C=2C#N. The van der Waals surface area contributed by atoms with Gasteiger partial charge in [0.1, 0.15) is 10.5 Å². The average Bonchev–Trinajstić information content (AvgIpc) is 3.36. The molecule has 3 aromatic rings. The number of hydrogen-bond acceptors (Lipinski definition) is 5. The smallest absolute Gasteiger partial charge is 0.274 e. The summed E-state index contributed by atoms with van der Waals surface area (Å²) in [5.74, 6) is -0.522. The molecule has 28 heavy (non-hydrogen) atoms. The average molecular weight is 388 g/mol. The number of fused-ring (bicyclic) bond motifs is 1. The van der Waals surface area contributed by atoms with Gasteiger partial charge in [-0.15, -0.1) is 11.3 Å². The quantitative estimate of drug-likeness (QED) is 0.691. The van der Waals surface area contributed by atoms with Gasteiger partial charge in [0.2, 0.25) is 0 Å². The van der Waals surface area contributed by atoms with Crippen LogP contribution in [0.25, 0.3) is 17.5 Å². The van der Waals surface area contributed by atoms with Gasteiger partial charge in [0.15, 0.2) is 0 Å². The van der Waals surface area contributed by atoms with Crippen molar-refractivity contribution in [1.29, 1.82) is 10.5 Å². The van der Waals surface area contributed by atoms with E-state index in [1.165, 1.54) is 15.9 Å². The van der Waals surface area contributed by atoms with Crippen molar-refractivity contribution >= 4 is 28.8 Å². The monoisotopic (exact) mass is 388 g/mol. The zero-order chi connectivity index (χ0) is 20.0. The summed E-state index contributed by atoms with van der Waals surface area (Å²) in [5, 5.41) is 19.7.